The third-order valence-electron chi connectivity index (χ3n) is 3.05. The summed E-state index contributed by atoms with van der Waals surface area (Å²) >= 11 is 0. The van der Waals surface area contributed by atoms with Gasteiger partial charge in [0.2, 0.25) is 0 Å². The Kier molecular flexibility index (Phi) is 4.89. The molecule has 110 valence electrons. The van der Waals surface area contributed by atoms with Gasteiger partial charge in [0.1, 0.15) is 6.04 Å². The van der Waals surface area contributed by atoms with Gasteiger partial charge in [0.05, 0.1) is 5.60 Å². The van der Waals surface area contributed by atoms with Crippen LogP contribution in [-0.4, -0.2) is 28.1 Å². The fraction of sp³-hybridized carbons (Fsp3) is 0.467. The Morgan fingerprint density at radius 3 is 2.30 bits per heavy atom. The summed E-state index contributed by atoms with van der Waals surface area (Å²) in [7, 11) is 0. The summed E-state index contributed by atoms with van der Waals surface area (Å²) in [6.45, 7) is 6.70. The summed E-state index contributed by atoms with van der Waals surface area (Å²) in [5, 5.41) is 21.5. The van der Waals surface area contributed by atoms with Gasteiger partial charge in [0, 0.05) is 5.56 Å². The number of benzene rings is 1. The van der Waals surface area contributed by atoms with Crippen LogP contribution in [0, 0.1) is 5.92 Å². The number of hydrogen-bond acceptors (Lipinski definition) is 3. The van der Waals surface area contributed by atoms with E-state index < -0.39 is 23.5 Å². The van der Waals surface area contributed by atoms with Crippen molar-refractivity contribution in [1.29, 1.82) is 0 Å². The number of amides is 1. The molecule has 1 rings (SSSR count). The Bertz CT molecular complexity index is 503. The van der Waals surface area contributed by atoms with Gasteiger partial charge in [-0.05, 0) is 37.5 Å². The van der Waals surface area contributed by atoms with Crippen molar-refractivity contribution in [3.8, 4) is 0 Å². The topological polar surface area (TPSA) is 86.6 Å². The zero-order chi connectivity index (χ0) is 15.5. The van der Waals surface area contributed by atoms with Crippen molar-refractivity contribution in [2.45, 2.75) is 39.3 Å². The first-order valence-electron chi connectivity index (χ1n) is 6.49. The number of aliphatic hydroxyl groups is 1. The molecule has 1 aromatic rings. The van der Waals surface area contributed by atoms with Crippen LogP contribution < -0.4 is 5.32 Å². The van der Waals surface area contributed by atoms with Crippen LogP contribution in [0.1, 0.15) is 43.6 Å². The molecule has 0 saturated heterocycles. The van der Waals surface area contributed by atoms with Gasteiger partial charge in [-0.2, -0.15) is 0 Å². The van der Waals surface area contributed by atoms with Gasteiger partial charge in [-0.15, -0.1) is 0 Å². The average Bonchev–Trinajstić information content (AvgIpc) is 2.34. The zero-order valence-corrected chi connectivity index (χ0v) is 12.2. The first kappa shape index (κ1) is 16.2. The Morgan fingerprint density at radius 1 is 1.25 bits per heavy atom. The van der Waals surface area contributed by atoms with Crippen LogP contribution in [0.4, 0.5) is 0 Å². The predicted molar refractivity (Wildman–Crippen MR) is 75.4 cm³/mol. The minimum absolute atomic E-state index is 0.214. The SMILES string of the molecule is CC(C)C(NC(=O)c1cccc(C(C)(C)O)c1)C(=O)O. The van der Waals surface area contributed by atoms with Gasteiger partial charge in [-0.25, -0.2) is 4.79 Å². The smallest absolute Gasteiger partial charge is 0.326 e. The molecule has 5 heteroatoms. The molecular weight excluding hydrogens is 258 g/mol. The summed E-state index contributed by atoms with van der Waals surface area (Å²) in [5.74, 6) is -1.74. The van der Waals surface area contributed by atoms with E-state index in [-0.39, 0.29) is 5.92 Å². The molecule has 0 bridgehead atoms. The van der Waals surface area contributed by atoms with Crippen LogP contribution >= 0.6 is 0 Å². The maximum absolute atomic E-state index is 12.1. The average molecular weight is 279 g/mol. The lowest BCUT2D eigenvalue weighted by atomic mass is 9.96. The van der Waals surface area contributed by atoms with Gasteiger partial charge in [-0.3, -0.25) is 4.79 Å². The number of carboxylic acid groups (broad SMARTS) is 1. The van der Waals surface area contributed by atoms with E-state index in [0.29, 0.717) is 11.1 Å². The van der Waals surface area contributed by atoms with E-state index in [1.807, 2.05) is 0 Å². The van der Waals surface area contributed by atoms with E-state index in [0.717, 1.165) is 0 Å². The minimum atomic E-state index is -1.06. The van der Waals surface area contributed by atoms with Crippen molar-refractivity contribution in [2.24, 2.45) is 5.92 Å². The molecule has 0 saturated carbocycles. The third-order valence-corrected chi connectivity index (χ3v) is 3.05. The minimum Gasteiger partial charge on any atom is -0.480 e. The number of nitrogens with one attached hydrogen (secondary N) is 1. The fourth-order valence-electron chi connectivity index (χ4n) is 1.78. The van der Waals surface area contributed by atoms with Gasteiger partial charge in [0.15, 0.2) is 0 Å². The second kappa shape index (κ2) is 6.05. The first-order valence-corrected chi connectivity index (χ1v) is 6.49. The second-order valence-corrected chi connectivity index (χ2v) is 5.67. The third kappa shape index (κ3) is 4.06. The normalized spacial score (nSPS) is 13.1. The van der Waals surface area contributed by atoms with E-state index in [4.69, 9.17) is 5.11 Å². The molecule has 0 aliphatic rings. The van der Waals surface area contributed by atoms with Gasteiger partial charge in [0.25, 0.3) is 5.91 Å². The molecule has 0 aliphatic heterocycles. The monoisotopic (exact) mass is 279 g/mol. The van der Waals surface area contributed by atoms with Crippen LogP contribution in [0.3, 0.4) is 0 Å². The molecule has 0 radical (unpaired) electrons. The largest absolute Gasteiger partial charge is 0.480 e. The lowest BCUT2D eigenvalue weighted by Crippen LogP contribution is -2.44. The van der Waals surface area contributed by atoms with Crippen LogP contribution in [0.2, 0.25) is 0 Å². The zero-order valence-electron chi connectivity index (χ0n) is 12.2. The first-order chi connectivity index (χ1) is 9.12. The van der Waals surface area contributed by atoms with Gasteiger partial charge < -0.3 is 15.5 Å². The quantitative estimate of drug-likeness (QED) is 0.766. The Labute approximate surface area is 118 Å². The van der Waals surface area contributed by atoms with E-state index >= 15 is 0 Å². The molecular formula is C15H21NO4. The molecule has 1 unspecified atom stereocenters. The Hall–Kier alpha value is -1.88. The van der Waals surface area contributed by atoms with E-state index in [1.54, 1.807) is 52.0 Å². The molecule has 0 fully saturated rings. The summed E-state index contributed by atoms with van der Waals surface area (Å²) in [6.07, 6.45) is 0. The van der Waals surface area contributed by atoms with Crippen molar-refractivity contribution in [1.82, 2.24) is 5.32 Å². The fourth-order valence-corrected chi connectivity index (χ4v) is 1.78. The van der Waals surface area contributed by atoms with E-state index in [2.05, 4.69) is 5.32 Å². The predicted octanol–water partition coefficient (Wildman–Crippen LogP) is 1.75. The number of carbonyl (C=O) groups is 2. The van der Waals surface area contributed by atoms with Crippen LogP contribution in [0.25, 0.3) is 0 Å². The summed E-state index contributed by atoms with van der Waals surface area (Å²) < 4.78 is 0. The van der Waals surface area contributed by atoms with Crippen molar-refractivity contribution in [3.05, 3.63) is 35.4 Å². The highest BCUT2D eigenvalue weighted by atomic mass is 16.4. The van der Waals surface area contributed by atoms with Crippen molar-refractivity contribution in [3.63, 3.8) is 0 Å². The van der Waals surface area contributed by atoms with E-state index in [9.17, 15) is 14.7 Å². The Balaban J connectivity index is 2.96. The number of aliphatic carboxylic acids is 1. The lowest BCUT2D eigenvalue weighted by molar-refractivity contribution is -0.140. The molecule has 1 amide bonds. The van der Waals surface area contributed by atoms with Gasteiger partial charge in [-0.1, -0.05) is 26.0 Å². The number of carbonyl (C=O) groups excluding carboxylic acids is 1. The standard InChI is InChI=1S/C15H21NO4/c1-9(2)12(14(18)19)16-13(17)10-6-5-7-11(8-10)15(3,4)20/h5-9,12,20H,1-4H3,(H,16,17)(H,18,19). The summed E-state index contributed by atoms with van der Waals surface area (Å²) in [6, 6.07) is 5.59. The number of hydrogen-bond donors (Lipinski definition) is 3. The molecule has 0 aromatic heterocycles. The number of rotatable bonds is 5. The van der Waals surface area contributed by atoms with E-state index in [1.165, 1.54) is 0 Å². The van der Waals surface area contributed by atoms with Crippen molar-refractivity contribution in [2.75, 3.05) is 0 Å². The highest BCUT2D eigenvalue weighted by Crippen LogP contribution is 2.20. The molecule has 0 heterocycles. The molecule has 3 N–H and O–H groups in total. The van der Waals surface area contributed by atoms with Crippen LogP contribution in [0.5, 0.6) is 0 Å². The highest BCUT2D eigenvalue weighted by Gasteiger charge is 2.24. The molecule has 0 aliphatic carbocycles. The summed E-state index contributed by atoms with van der Waals surface area (Å²) in [5.41, 5.74) is -0.126. The molecule has 5 nitrogen and oxygen atoms in total. The number of carboxylic acids is 1. The lowest BCUT2D eigenvalue weighted by Gasteiger charge is -2.20. The molecule has 1 aromatic carbocycles. The van der Waals surface area contributed by atoms with Crippen LogP contribution in [-0.2, 0) is 10.4 Å². The van der Waals surface area contributed by atoms with Crippen molar-refractivity contribution < 1.29 is 19.8 Å². The Morgan fingerprint density at radius 2 is 1.85 bits per heavy atom. The summed E-state index contributed by atoms with van der Waals surface area (Å²) in [4.78, 5) is 23.2. The van der Waals surface area contributed by atoms with Gasteiger partial charge >= 0.3 is 5.97 Å². The maximum atomic E-state index is 12.1. The molecule has 1 atom stereocenters. The molecule has 20 heavy (non-hydrogen) atoms. The second-order valence-electron chi connectivity index (χ2n) is 5.67. The maximum Gasteiger partial charge on any atom is 0.326 e. The molecule has 0 spiro atoms. The highest BCUT2D eigenvalue weighted by molar-refractivity contribution is 5.96. The van der Waals surface area contributed by atoms with Crippen LogP contribution in [0.15, 0.2) is 24.3 Å². The van der Waals surface area contributed by atoms with Crippen molar-refractivity contribution >= 4 is 11.9 Å².